The van der Waals surface area contributed by atoms with Crippen LogP contribution in [-0.2, 0) is 0 Å². The van der Waals surface area contributed by atoms with Crippen molar-refractivity contribution in [1.29, 1.82) is 5.26 Å². The van der Waals surface area contributed by atoms with Crippen molar-refractivity contribution >= 4 is 16.7 Å². The molecular weight excluding hydrogens is 268 g/mol. The minimum atomic E-state index is -0.601. The molecule has 0 aliphatic rings. The molecule has 0 aliphatic heterocycles. The number of hydrogen-bond acceptors (Lipinski definition) is 5. The number of fused-ring (bicyclic) bond motifs is 1. The van der Waals surface area contributed by atoms with E-state index in [-0.39, 0.29) is 5.56 Å². The topological polar surface area (TPSA) is 66.5 Å². The SMILES string of the molecule is CCOc1ccc2oc(=O)c(C#N)c(N(CC)CC)c2c1. The van der Waals surface area contributed by atoms with Crippen LogP contribution >= 0.6 is 0 Å². The highest BCUT2D eigenvalue weighted by Gasteiger charge is 2.19. The van der Waals surface area contributed by atoms with E-state index in [4.69, 9.17) is 9.15 Å². The standard InChI is InChI=1S/C16H18N2O3/c1-4-18(5-2)15-12-9-11(20-6-3)7-8-14(12)21-16(19)13(15)10-17/h7-9H,4-6H2,1-3H3. The van der Waals surface area contributed by atoms with Crippen molar-refractivity contribution in [3.63, 3.8) is 0 Å². The van der Waals surface area contributed by atoms with Gasteiger partial charge in [0.2, 0.25) is 0 Å². The second-order valence-electron chi connectivity index (χ2n) is 4.49. The Hall–Kier alpha value is -2.48. The quantitative estimate of drug-likeness (QED) is 0.791. The molecule has 5 heteroatoms. The van der Waals surface area contributed by atoms with Crippen LogP contribution < -0.4 is 15.3 Å². The molecule has 0 N–H and O–H groups in total. The highest BCUT2D eigenvalue weighted by atomic mass is 16.5. The molecule has 1 aromatic heterocycles. The number of hydrogen-bond donors (Lipinski definition) is 0. The summed E-state index contributed by atoms with van der Waals surface area (Å²) in [6.07, 6.45) is 0. The first-order valence-corrected chi connectivity index (χ1v) is 7.04. The monoisotopic (exact) mass is 286 g/mol. The molecule has 0 saturated heterocycles. The maximum absolute atomic E-state index is 12.0. The lowest BCUT2D eigenvalue weighted by atomic mass is 10.1. The number of anilines is 1. The Balaban J connectivity index is 2.83. The molecule has 0 unspecified atom stereocenters. The van der Waals surface area contributed by atoms with Gasteiger partial charge in [-0.2, -0.15) is 5.26 Å². The first kappa shape index (κ1) is 14.9. The van der Waals surface area contributed by atoms with Crippen LogP contribution in [0.1, 0.15) is 26.3 Å². The highest BCUT2D eigenvalue weighted by molar-refractivity contribution is 5.94. The zero-order chi connectivity index (χ0) is 15.4. The van der Waals surface area contributed by atoms with Crippen LogP contribution in [0.15, 0.2) is 27.4 Å². The number of nitriles is 1. The summed E-state index contributed by atoms with van der Waals surface area (Å²) < 4.78 is 10.7. The van der Waals surface area contributed by atoms with Crippen LogP contribution in [0.3, 0.4) is 0 Å². The molecule has 2 aromatic rings. The largest absolute Gasteiger partial charge is 0.494 e. The van der Waals surface area contributed by atoms with Crippen molar-refractivity contribution in [1.82, 2.24) is 0 Å². The van der Waals surface area contributed by atoms with Gasteiger partial charge in [0.15, 0.2) is 5.56 Å². The molecule has 0 spiro atoms. The third-order valence-corrected chi connectivity index (χ3v) is 3.35. The van der Waals surface area contributed by atoms with Gasteiger partial charge in [-0.1, -0.05) is 0 Å². The molecule has 1 aromatic carbocycles. The third-order valence-electron chi connectivity index (χ3n) is 3.35. The molecular formula is C16H18N2O3. The second-order valence-corrected chi connectivity index (χ2v) is 4.49. The van der Waals surface area contributed by atoms with Crippen LogP contribution in [0, 0.1) is 11.3 Å². The summed E-state index contributed by atoms with van der Waals surface area (Å²) in [5, 5.41) is 10.0. The molecule has 0 saturated carbocycles. The molecule has 2 rings (SSSR count). The van der Waals surface area contributed by atoms with E-state index in [1.807, 2.05) is 37.8 Å². The lowest BCUT2D eigenvalue weighted by Gasteiger charge is -2.23. The van der Waals surface area contributed by atoms with E-state index >= 15 is 0 Å². The van der Waals surface area contributed by atoms with E-state index < -0.39 is 5.63 Å². The van der Waals surface area contributed by atoms with Gasteiger partial charge in [-0.3, -0.25) is 0 Å². The van der Waals surface area contributed by atoms with Crippen molar-refractivity contribution in [2.75, 3.05) is 24.6 Å². The summed E-state index contributed by atoms with van der Waals surface area (Å²) >= 11 is 0. The summed E-state index contributed by atoms with van der Waals surface area (Å²) in [6, 6.07) is 7.24. The molecule has 0 bridgehead atoms. The zero-order valence-electron chi connectivity index (χ0n) is 12.5. The van der Waals surface area contributed by atoms with Gasteiger partial charge < -0.3 is 14.1 Å². The Morgan fingerprint density at radius 3 is 2.57 bits per heavy atom. The van der Waals surface area contributed by atoms with Crippen molar-refractivity contribution < 1.29 is 9.15 Å². The zero-order valence-corrected chi connectivity index (χ0v) is 12.5. The van der Waals surface area contributed by atoms with Crippen molar-refractivity contribution in [2.45, 2.75) is 20.8 Å². The fraction of sp³-hybridized carbons (Fsp3) is 0.375. The van der Waals surface area contributed by atoms with Gasteiger partial charge in [0, 0.05) is 18.5 Å². The predicted molar refractivity (Wildman–Crippen MR) is 81.9 cm³/mol. The fourth-order valence-electron chi connectivity index (χ4n) is 2.39. The van der Waals surface area contributed by atoms with Gasteiger partial charge in [0.05, 0.1) is 12.3 Å². The number of ether oxygens (including phenoxy) is 1. The Morgan fingerprint density at radius 2 is 2.00 bits per heavy atom. The summed E-state index contributed by atoms with van der Waals surface area (Å²) in [5.74, 6) is 0.691. The van der Waals surface area contributed by atoms with Crippen molar-refractivity contribution in [3.05, 3.63) is 34.2 Å². The molecule has 0 radical (unpaired) electrons. The smallest absolute Gasteiger partial charge is 0.356 e. The normalized spacial score (nSPS) is 10.4. The van der Waals surface area contributed by atoms with Crippen molar-refractivity contribution in [3.8, 4) is 11.8 Å². The Kier molecular flexibility index (Phi) is 4.49. The van der Waals surface area contributed by atoms with E-state index in [1.165, 1.54) is 0 Å². The molecule has 21 heavy (non-hydrogen) atoms. The number of benzene rings is 1. The van der Waals surface area contributed by atoms with E-state index in [9.17, 15) is 10.1 Å². The van der Waals surface area contributed by atoms with E-state index in [2.05, 4.69) is 0 Å². The first-order valence-electron chi connectivity index (χ1n) is 7.04. The highest BCUT2D eigenvalue weighted by Crippen LogP contribution is 2.31. The summed E-state index contributed by atoms with van der Waals surface area (Å²) in [6.45, 7) is 7.81. The van der Waals surface area contributed by atoms with Crippen LogP contribution in [0.25, 0.3) is 11.0 Å². The first-order chi connectivity index (χ1) is 10.2. The fourth-order valence-corrected chi connectivity index (χ4v) is 2.39. The van der Waals surface area contributed by atoms with E-state index in [1.54, 1.807) is 12.1 Å². The molecule has 5 nitrogen and oxygen atoms in total. The van der Waals surface area contributed by atoms with Crippen molar-refractivity contribution in [2.24, 2.45) is 0 Å². The molecule has 0 fully saturated rings. The molecule has 0 atom stereocenters. The molecule has 1 heterocycles. The minimum Gasteiger partial charge on any atom is -0.494 e. The summed E-state index contributed by atoms with van der Waals surface area (Å²) in [7, 11) is 0. The minimum absolute atomic E-state index is 0.0415. The lowest BCUT2D eigenvalue weighted by Crippen LogP contribution is -2.25. The van der Waals surface area contributed by atoms with Crippen LogP contribution in [0.2, 0.25) is 0 Å². The van der Waals surface area contributed by atoms with E-state index in [0.29, 0.717) is 36.7 Å². The van der Waals surface area contributed by atoms with Gasteiger partial charge >= 0.3 is 5.63 Å². The van der Waals surface area contributed by atoms with Gasteiger partial charge in [0.1, 0.15) is 17.4 Å². The van der Waals surface area contributed by atoms with Gasteiger partial charge in [0.25, 0.3) is 0 Å². The average molecular weight is 286 g/mol. The maximum Gasteiger partial charge on any atom is 0.356 e. The molecule has 0 amide bonds. The third kappa shape index (κ3) is 2.70. The Bertz CT molecular complexity index is 739. The Morgan fingerprint density at radius 1 is 1.29 bits per heavy atom. The summed E-state index contributed by atoms with van der Waals surface area (Å²) in [5.41, 5.74) is 0.524. The average Bonchev–Trinajstić information content (AvgIpc) is 2.49. The van der Waals surface area contributed by atoms with Crippen LogP contribution in [0.5, 0.6) is 5.75 Å². The Labute approximate surface area is 123 Å². The van der Waals surface area contributed by atoms with Gasteiger partial charge in [-0.25, -0.2) is 4.79 Å². The maximum atomic E-state index is 12.0. The number of nitrogens with zero attached hydrogens (tertiary/aromatic N) is 2. The van der Waals surface area contributed by atoms with Crippen LogP contribution in [-0.4, -0.2) is 19.7 Å². The van der Waals surface area contributed by atoms with Crippen LogP contribution in [0.4, 0.5) is 5.69 Å². The molecule has 0 aliphatic carbocycles. The van der Waals surface area contributed by atoms with E-state index in [0.717, 1.165) is 5.39 Å². The molecule has 110 valence electrons. The lowest BCUT2D eigenvalue weighted by molar-refractivity contribution is 0.340. The summed E-state index contributed by atoms with van der Waals surface area (Å²) in [4.78, 5) is 14.0. The predicted octanol–water partition coefficient (Wildman–Crippen LogP) is 2.91. The van der Waals surface area contributed by atoms with Gasteiger partial charge in [-0.05, 0) is 39.0 Å². The van der Waals surface area contributed by atoms with Gasteiger partial charge in [-0.15, -0.1) is 0 Å². The second kappa shape index (κ2) is 6.31. The number of rotatable bonds is 5.